The van der Waals surface area contributed by atoms with Crippen molar-refractivity contribution >= 4 is 30.4 Å². The molecule has 2 nitrogen and oxygen atoms in total. The van der Waals surface area contributed by atoms with E-state index >= 15 is 8.78 Å². The highest BCUT2D eigenvalue weighted by Crippen LogP contribution is 2.42. The van der Waals surface area contributed by atoms with Crippen molar-refractivity contribution < 1.29 is 22.0 Å². The number of para-hydroxylation sites is 2. The molecule has 0 N–H and O–H groups in total. The Morgan fingerprint density at radius 3 is 1.10 bits per heavy atom. The van der Waals surface area contributed by atoms with Gasteiger partial charge in [0.2, 0.25) is 0 Å². The van der Waals surface area contributed by atoms with Crippen LogP contribution in [0.25, 0.3) is 0 Å². The first-order valence-corrected chi connectivity index (χ1v) is 16.2. The average Bonchev–Trinajstić information content (AvgIpc) is 2.94. The normalized spacial score (nSPS) is 14.4. The highest BCUT2D eigenvalue weighted by molar-refractivity contribution is 6.80. The van der Waals surface area contributed by atoms with Crippen LogP contribution in [0.4, 0.5) is 33.3 Å². The number of anilines is 2. The Labute approximate surface area is 246 Å². The number of benzene rings is 3. The SMILES string of the molecule is CC(C)c1cccc(C(C)C)c1[N]1CCC[N](c2c(C(C)C)cccc2C(C)C)[Al]1[c]1c(F)c(F)c(F)c(F)c1F. The quantitative estimate of drug-likeness (QED) is 0.118. The summed E-state index contributed by atoms with van der Waals surface area (Å²) in [5.74, 6) is -9.02. The molecule has 0 aromatic heterocycles. The van der Waals surface area contributed by atoms with E-state index in [2.05, 4.69) is 55.4 Å². The highest BCUT2D eigenvalue weighted by Gasteiger charge is 2.49. The average molecular weight is 587 g/mol. The molecule has 0 amide bonds. The molecule has 0 atom stereocenters. The molecule has 3 aromatic rings. The van der Waals surface area contributed by atoms with Crippen molar-refractivity contribution in [1.82, 2.24) is 0 Å². The molecule has 1 heterocycles. The summed E-state index contributed by atoms with van der Waals surface area (Å²) in [6, 6.07) is 12.0. The van der Waals surface area contributed by atoms with Crippen LogP contribution in [0.15, 0.2) is 36.4 Å². The summed E-state index contributed by atoms with van der Waals surface area (Å²) in [4.78, 5) is 0. The fourth-order valence-corrected chi connectivity index (χ4v) is 9.75. The second-order valence-corrected chi connectivity index (χ2v) is 14.9. The van der Waals surface area contributed by atoms with Crippen LogP contribution in [0.1, 0.15) is 108 Å². The van der Waals surface area contributed by atoms with Crippen LogP contribution in [-0.2, 0) is 0 Å². The van der Waals surface area contributed by atoms with Crippen molar-refractivity contribution in [3.63, 3.8) is 0 Å². The molecule has 1 saturated heterocycles. The van der Waals surface area contributed by atoms with Crippen molar-refractivity contribution in [1.29, 1.82) is 0 Å². The number of hydrogen-bond acceptors (Lipinski definition) is 2. The van der Waals surface area contributed by atoms with Crippen molar-refractivity contribution in [3.8, 4) is 0 Å². The Balaban J connectivity index is 2.15. The van der Waals surface area contributed by atoms with Crippen LogP contribution in [-0.4, -0.2) is 27.7 Å². The number of halogens is 5. The standard InChI is InChI=1S/C27H40N2.C6F5.Al/c1-18(2)22-12-9-13-23(19(3)4)26(22)28-16-11-17-29-27-24(20(5)6)14-10-15-25(27)21(7)8;7-2-1-3(8)5(10)6(11)4(2)9;/h9-10,12-15,18-21H,11,16-17H2,1-8H3;;/q-2;;+2. The molecule has 1 aliphatic rings. The lowest BCUT2D eigenvalue weighted by atomic mass is 9.92. The summed E-state index contributed by atoms with van der Waals surface area (Å²) in [6.07, 6.45) is 0.673. The summed E-state index contributed by atoms with van der Waals surface area (Å²) >= 11 is -3.33. The molecule has 4 rings (SSSR count). The van der Waals surface area contributed by atoms with E-state index in [4.69, 9.17) is 0 Å². The number of hydrogen-bond donors (Lipinski definition) is 0. The van der Waals surface area contributed by atoms with Gasteiger partial charge in [-0.2, -0.15) is 0 Å². The molecule has 0 aliphatic carbocycles. The summed E-state index contributed by atoms with van der Waals surface area (Å²) in [5.41, 5.74) is 5.72. The second kappa shape index (κ2) is 12.4. The van der Waals surface area contributed by atoms with Crippen LogP contribution in [0.3, 0.4) is 0 Å². The van der Waals surface area contributed by atoms with Crippen LogP contribution >= 0.6 is 0 Å². The predicted octanol–water partition coefficient (Wildman–Crippen LogP) is 8.99. The smallest absolute Gasteiger partial charge is 0.440 e. The van der Waals surface area contributed by atoms with Gasteiger partial charge in [0.15, 0.2) is 29.1 Å². The van der Waals surface area contributed by atoms with E-state index in [9.17, 15) is 13.2 Å². The van der Waals surface area contributed by atoms with Gasteiger partial charge in [-0.25, -0.2) is 22.0 Å². The predicted molar refractivity (Wildman–Crippen MR) is 160 cm³/mol. The first-order chi connectivity index (χ1) is 19.3. The van der Waals surface area contributed by atoms with Crippen LogP contribution in [0.2, 0.25) is 0 Å². The molecule has 0 bridgehead atoms. The van der Waals surface area contributed by atoms with Gasteiger partial charge in [-0.1, -0.05) is 91.8 Å². The fourth-order valence-electron chi connectivity index (χ4n) is 6.14. The van der Waals surface area contributed by atoms with E-state index in [1.807, 2.05) is 44.2 Å². The van der Waals surface area contributed by atoms with E-state index in [0.29, 0.717) is 19.5 Å². The van der Waals surface area contributed by atoms with Crippen molar-refractivity contribution in [2.45, 2.75) is 85.5 Å². The molecular weight excluding hydrogens is 546 g/mol. The zero-order valence-electron chi connectivity index (χ0n) is 25.3. The van der Waals surface area contributed by atoms with Crippen molar-refractivity contribution in [3.05, 3.63) is 87.7 Å². The van der Waals surface area contributed by atoms with Gasteiger partial charge < -0.3 is 7.77 Å². The number of rotatable bonds is 7. The minimum atomic E-state index is -3.33. The van der Waals surface area contributed by atoms with Gasteiger partial charge in [0.25, 0.3) is 0 Å². The zero-order chi connectivity index (χ0) is 30.3. The molecular formula is C33H40AlF5N2. The van der Waals surface area contributed by atoms with Crippen molar-refractivity contribution in [2.24, 2.45) is 0 Å². The van der Waals surface area contributed by atoms with Crippen LogP contribution in [0.5, 0.6) is 0 Å². The Morgan fingerprint density at radius 1 is 0.512 bits per heavy atom. The maximum atomic E-state index is 15.9. The molecule has 41 heavy (non-hydrogen) atoms. The van der Waals surface area contributed by atoms with E-state index in [0.717, 1.165) is 33.6 Å². The molecule has 8 heteroatoms. The minimum absolute atomic E-state index is 0.0827. The summed E-state index contributed by atoms with van der Waals surface area (Å²) < 4.78 is 79.2. The van der Waals surface area contributed by atoms with Crippen molar-refractivity contribution in [2.75, 3.05) is 20.9 Å². The van der Waals surface area contributed by atoms with Crippen LogP contribution in [0, 0.1) is 29.1 Å². The zero-order valence-corrected chi connectivity index (χ0v) is 26.4. The lowest BCUT2D eigenvalue weighted by Crippen LogP contribution is -2.67. The Kier molecular flexibility index (Phi) is 9.46. The Morgan fingerprint density at radius 2 is 0.805 bits per heavy atom. The third-order valence-electron chi connectivity index (χ3n) is 8.15. The van der Waals surface area contributed by atoms with E-state index < -0.39 is 48.1 Å². The van der Waals surface area contributed by atoms with E-state index in [-0.39, 0.29) is 23.7 Å². The van der Waals surface area contributed by atoms with E-state index in [1.54, 1.807) is 0 Å². The lowest BCUT2D eigenvalue weighted by Gasteiger charge is -2.47. The monoisotopic (exact) mass is 586 g/mol. The lowest BCUT2D eigenvalue weighted by molar-refractivity contribution is 0.383. The largest absolute Gasteiger partial charge is 0.622 e. The maximum absolute atomic E-state index is 15.9. The molecule has 0 saturated carbocycles. The summed E-state index contributed by atoms with van der Waals surface area (Å²) in [7, 11) is 0. The molecule has 3 aromatic carbocycles. The topological polar surface area (TPSA) is 6.48 Å². The maximum Gasteiger partial charge on any atom is 0.622 e. The summed E-state index contributed by atoms with van der Waals surface area (Å²) in [5, 5.41) is 0. The Hall–Kier alpha value is -2.56. The van der Waals surface area contributed by atoms with Crippen LogP contribution < -0.4 is 12.2 Å². The third kappa shape index (κ3) is 5.62. The first-order valence-electron chi connectivity index (χ1n) is 14.6. The van der Waals surface area contributed by atoms with Gasteiger partial charge >= 0.3 is 14.6 Å². The van der Waals surface area contributed by atoms with Gasteiger partial charge in [-0.3, -0.25) is 0 Å². The van der Waals surface area contributed by atoms with Gasteiger partial charge in [0, 0.05) is 15.8 Å². The molecule has 0 spiro atoms. The highest BCUT2D eigenvalue weighted by atomic mass is 27.2. The Bertz CT molecular complexity index is 1270. The minimum Gasteiger partial charge on any atom is -0.440 e. The number of nitrogens with zero attached hydrogens (tertiary/aromatic N) is 2. The van der Waals surface area contributed by atoms with Gasteiger partial charge in [-0.05, 0) is 65.4 Å². The second-order valence-electron chi connectivity index (χ2n) is 12.3. The first kappa shape index (κ1) is 31.4. The molecule has 1 fully saturated rings. The third-order valence-corrected chi connectivity index (χ3v) is 11.4. The summed E-state index contributed by atoms with van der Waals surface area (Å²) in [6.45, 7) is 17.4. The fraction of sp³-hybridized carbons (Fsp3) is 0.455. The molecule has 220 valence electrons. The van der Waals surface area contributed by atoms with E-state index in [1.165, 1.54) is 0 Å². The molecule has 1 aliphatic heterocycles. The van der Waals surface area contributed by atoms with Gasteiger partial charge in [0.1, 0.15) is 0 Å². The molecule has 0 unspecified atom stereocenters. The van der Waals surface area contributed by atoms with Gasteiger partial charge in [-0.15, -0.1) is 0 Å². The van der Waals surface area contributed by atoms with Gasteiger partial charge in [0.05, 0.1) is 0 Å². The molecule has 0 radical (unpaired) electrons.